The van der Waals surface area contributed by atoms with Crippen molar-refractivity contribution in [3.63, 3.8) is 0 Å². The lowest BCUT2D eigenvalue weighted by Gasteiger charge is -2.32. The van der Waals surface area contributed by atoms with Gasteiger partial charge in [0.25, 0.3) is 0 Å². The fourth-order valence-corrected chi connectivity index (χ4v) is 9.26. The third kappa shape index (κ3) is 19.3. The molecular formula is C54H78N12O15. The van der Waals surface area contributed by atoms with Crippen molar-refractivity contribution in [2.24, 2.45) is 23.3 Å². The molecular weight excluding hydrogens is 1060 g/mol. The van der Waals surface area contributed by atoms with E-state index in [1.807, 2.05) is 18.2 Å². The van der Waals surface area contributed by atoms with E-state index < -0.39 is 169 Å². The van der Waals surface area contributed by atoms with E-state index in [0.717, 1.165) is 10.5 Å². The second-order valence-corrected chi connectivity index (χ2v) is 20.9. The molecule has 15 N–H and O–H groups in total. The second kappa shape index (κ2) is 31.1. The summed E-state index contributed by atoms with van der Waals surface area (Å²) in [6, 6.07) is 4.20. The zero-order chi connectivity index (χ0) is 60.2. The van der Waals surface area contributed by atoms with Gasteiger partial charge < -0.3 is 79.1 Å². The van der Waals surface area contributed by atoms with Gasteiger partial charge in [0, 0.05) is 19.5 Å². The molecule has 2 aromatic rings. The van der Waals surface area contributed by atoms with Crippen molar-refractivity contribution in [1.29, 1.82) is 0 Å². The number of nitrogens with two attached hydrogens (primary N) is 2. The molecule has 27 heteroatoms. The summed E-state index contributed by atoms with van der Waals surface area (Å²) < 4.78 is 0. The van der Waals surface area contributed by atoms with Gasteiger partial charge in [0.15, 0.2) is 0 Å². The Morgan fingerprint density at radius 2 is 1.07 bits per heavy atom. The quantitative estimate of drug-likeness (QED) is 0.0369. The highest BCUT2D eigenvalue weighted by Gasteiger charge is 2.42. The highest BCUT2D eigenvalue weighted by atomic mass is 16.4. The normalized spacial score (nSPS) is 18.3. The molecule has 81 heavy (non-hydrogen) atoms. The van der Waals surface area contributed by atoms with Crippen LogP contribution in [0.5, 0.6) is 0 Å². The maximum absolute atomic E-state index is 14.0. The van der Waals surface area contributed by atoms with Crippen LogP contribution >= 0.6 is 0 Å². The molecule has 2 saturated heterocycles. The van der Waals surface area contributed by atoms with Crippen LogP contribution in [0.2, 0.25) is 0 Å². The van der Waals surface area contributed by atoms with Gasteiger partial charge in [-0.1, -0.05) is 88.4 Å². The number of aliphatic hydroxyl groups is 2. The summed E-state index contributed by atoms with van der Waals surface area (Å²) in [4.78, 5) is 162. The molecule has 11 amide bonds. The fourth-order valence-electron chi connectivity index (χ4n) is 9.26. The lowest BCUT2D eigenvalue weighted by molar-refractivity contribution is -0.144. The molecule has 2 fully saturated rings. The summed E-state index contributed by atoms with van der Waals surface area (Å²) in [7, 11) is 0. The number of likely N-dealkylation sites (tertiary alicyclic amines) is 2. The Kier molecular flexibility index (Phi) is 25.1. The van der Waals surface area contributed by atoms with Gasteiger partial charge >= 0.3 is 5.97 Å². The van der Waals surface area contributed by atoms with E-state index in [0.29, 0.717) is 18.4 Å². The Balaban J connectivity index is 1.33. The minimum atomic E-state index is -1.78. The molecule has 2 aliphatic heterocycles. The highest BCUT2D eigenvalue weighted by Crippen LogP contribution is 2.22. The van der Waals surface area contributed by atoms with E-state index in [1.54, 1.807) is 56.3 Å². The van der Waals surface area contributed by atoms with Crippen molar-refractivity contribution in [2.75, 3.05) is 26.2 Å². The number of carbonyl (C=O) groups is 12. The van der Waals surface area contributed by atoms with Crippen LogP contribution in [0, 0.1) is 11.8 Å². The molecule has 444 valence electrons. The van der Waals surface area contributed by atoms with Crippen molar-refractivity contribution in [2.45, 2.75) is 153 Å². The van der Waals surface area contributed by atoms with Crippen LogP contribution in [0.3, 0.4) is 0 Å². The van der Waals surface area contributed by atoms with Crippen molar-refractivity contribution in [3.8, 4) is 0 Å². The largest absolute Gasteiger partial charge is 0.480 e. The molecule has 0 aliphatic carbocycles. The van der Waals surface area contributed by atoms with Crippen LogP contribution in [0.4, 0.5) is 0 Å². The first-order valence-electron chi connectivity index (χ1n) is 26.9. The van der Waals surface area contributed by atoms with Gasteiger partial charge in [-0.15, -0.1) is 0 Å². The number of carbonyl (C=O) groups excluding carboxylic acids is 11. The van der Waals surface area contributed by atoms with Crippen molar-refractivity contribution in [1.82, 2.24) is 52.3 Å². The number of hydrogen-bond acceptors (Lipinski definition) is 15. The lowest BCUT2D eigenvalue weighted by Crippen LogP contribution is -2.62. The van der Waals surface area contributed by atoms with Crippen LogP contribution < -0.4 is 54.0 Å². The van der Waals surface area contributed by atoms with E-state index in [4.69, 9.17) is 11.5 Å². The number of nitrogens with one attached hydrogen (secondary N) is 8. The number of rotatable bonds is 29. The number of aliphatic carboxylic acids is 1. The molecule has 27 nitrogen and oxygen atoms in total. The van der Waals surface area contributed by atoms with Gasteiger partial charge in [-0.2, -0.15) is 0 Å². The minimum absolute atomic E-state index is 0.0224. The molecule has 0 radical (unpaired) electrons. The highest BCUT2D eigenvalue weighted by molar-refractivity contribution is 5.99. The molecule has 0 bridgehead atoms. The molecule has 4 rings (SSSR count). The molecule has 2 aromatic carbocycles. The number of carboxylic acid groups (broad SMARTS) is 1. The van der Waals surface area contributed by atoms with E-state index >= 15 is 0 Å². The van der Waals surface area contributed by atoms with Crippen LogP contribution in [0.15, 0.2) is 60.7 Å². The number of aliphatic hydroxyl groups excluding tert-OH is 2. The molecule has 2 aliphatic rings. The zero-order valence-corrected chi connectivity index (χ0v) is 46.3. The summed E-state index contributed by atoms with van der Waals surface area (Å²) >= 11 is 0. The van der Waals surface area contributed by atoms with E-state index in [9.17, 15) is 72.9 Å². The maximum Gasteiger partial charge on any atom is 0.326 e. The first kappa shape index (κ1) is 65.5. The number of nitrogens with zero attached hydrogens (tertiary/aromatic N) is 2. The molecule has 0 aromatic heterocycles. The fraction of sp³-hybridized carbons (Fsp3) is 0.556. The predicted octanol–water partition coefficient (Wildman–Crippen LogP) is -4.04. The zero-order valence-electron chi connectivity index (χ0n) is 46.3. The smallest absolute Gasteiger partial charge is 0.326 e. The number of carboxylic acids is 1. The van der Waals surface area contributed by atoms with Crippen molar-refractivity contribution < 1.29 is 72.9 Å². The SMILES string of the molecule is CC(C)[C@H](NC(=O)[C@H](CC(N)=O)NC(=O)[C@@H](NC(=O)[C@@H]1CCCN1C(=O)[C@@H](NC(=O)[C@@H](N)Cc1ccccc1)C(C)C)[C@@H](C)O)C(=O)NCC(=O)N[C@@H](CO)C(=O)N1CCC[C@H]1C(=O)N[C@@H](C)C(=O)N[C@@H](Cc1ccccc1)C(=O)O. The Morgan fingerprint density at radius 3 is 1.58 bits per heavy atom. The van der Waals surface area contributed by atoms with E-state index in [2.05, 4.69) is 42.5 Å². The van der Waals surface area contributed by atoms with Crippen LogP contribution in [-0.4, -0.2) is 189 Å². The summed E-state index contributed by atoms with van der Waals surface area (Å²) in [5, 5.41) is 50.0. The van der Waals surface area contributed by atoms with Gasteiger partial charge in [0.05, 0.1) is 31.7 Å². The summed E-state index contributed by atoms with van der Waals surface area (Å²) in [6.45, 7) is 7.42. The van der Waals surface area contributed by atoms with E-state index in [1.165, 1.54) is 32.6 Å². The van der Waals surface area contributed by atoms with Crippen molar-refractivity contribution in [3.05, 3.63) is 71.8 Å². The Labute approximate surface area is 469 Å². The number of benzene rings is 2. The third-order valence-electron chi connectivity index (χ3n) is 13.8. The standard InChI is InChI=1S/C54H78N12O15/c1-28(2)42(50(76)57-26-41(70)59-37(27-67)52(78)65-21-13-19-38(65)48(74)58-30(5)45(71)61-36(54(80)81)24-33-17-11-8-12-18-33)62-47(73)35(25-40(56)69)60-51(77)44(31(6)68)64-49(75)39-20-14-22-66(39)53(79)43(29(3)4)63-46(72)34(55)23-32-15-9-7-10-16-32/h7-12,15-18,28-31,34-39,42-44,67-68H,13-14,19-27,55H2,1-6H3,(H2,56,69)(H,57,76)(H,58,74)(H,59,70)(H,60,77)(H,61,71)(H,62,73)(H,63,72)(H,64,75)(H,80,81)/t30-,31+,34-,35-,36-,37-,38-,39-,42-,43-,44-/m0/s1. The Bertz CT molecular complexity index is 2570. The molecule has 0 saturated carbocycles. The molecule has 0 spiro atoms. The van der Waals surface area contributed by atoms with Crippen LogP contribution in [0.25, 0.3) is 0 Å². The number of primary amides is 1. The average Bonchev–Trinajstić information content (AvgIpc) is 4.20. The Morgan fingerprint density at radius 1 is 0.568 bits per heavy atom. The van der Waals surface area contributed by atoms with Gasteiger partial charge in [-0.3, -0.25) is 52.7 Å². The predicted molar refractivity (Wildman–Crippen MR) is 290 cm³/mol. The first-order chi connectivity index (χ1) is 38.2. The van der Waals surface area contributed by atoms with Gasteiger partial charge in [0.1, 0.15) is 54.4 Å². The topological polar surface area (TPSA) is 420 Å². The first-order valence-corrected chi connectivity index (χ1v) is 26.9. The summed E-state index contributed by atoms with van der Waals surface area (Å²) in [6.07, 6.45) is -1.21. The lowest BCUT2D eigenvalue weighted by atomic mass is 10.00. The van der Waals surface area contributed by atoms with Gasteiger partial charge in [-0.05, 0) is 68.9 Å². The molecule has 2 heterocycles. The average molecular weight is 1140 g/mol. The number of hydrogen-bond donors (Lipinski definition) is 13. The second-order valence-electron chi connectivity index (χ2n) is 20.9. The minimum Gasteiger partial charge on any atom is -0.480 e. The maximum atomic E-state index is 14.0. The molecule has 0 unspecified atom stereocenters. The summed E-state index contributed by atoms with van der Waals surface area (Å²) in [5.74, 6) is -12.1. The van der Waals surface area contributed by atoms with Crippen molar-refractivity contribution >= 4 is 70.9 Å². The Hall–Kier alpha value is -8.04. The summed E-state index contributed by atoms with van der Waals surface area (Å²) in [5.41, 5.74) is 13.1. The molecule has 11 atom stereocenters. The third-order valence-corrected chi connectivity index (χ3v) is 13.8. The number of amides is 11. The van der Waals surface area contributed by atoms with Gasteiger partial charge in [-0.25, -0.2) is 4.79 Å². The van der Waals surface area contributed by atoms with Crippen LogP contribution in [-0.2, 0) is 70.4 Å². The van der Waals surface area contributed by atoms with E-state index in [-0.39, 0.29) is 38.8 Å². The van der Waals surface area contributed by atoms with Gasteiger partial charge in [0.2, 0.25) is 65.0 Å². The monoisotopic (exact) mass is 1130 g/mol. The van der Waals surface area contributed by atoms with Crippen LogP contribution in [0.1, 0.15) is 84.8 Å².